The van der Waals surface area contributed by atoms with Crippen molar-refractivity contribution in [3.05, 3.63) is 65.5 Å². The van der Waals surface area contributed by atoms with Crippen molar-refractivity contribution < 1.29 is 22.4 Å². The number of halogens is 1. The van der Waals surface area contributed by atoms with E-state index in [1.807, 2.05) is 19.1 Å². The highest BCUT2D eigenvalue weighted by molar-refractivity contribution is 7.92. The van der Waals surface area contributed by atoms with Crippen molar-refractivity contribution in [2.75, 3.05) is 17.1 Å². The lowest BCUT2D eigenvalue weighted by molar-refractivity contribution is -0.141. The van der Waals surface area contributed by atoms with Gasteiger partial charge >= 0.3 is 0 Å². The van der Waals surface area contributed by atoms with Gasteiger partial charge in [-0.1, -0.05) is 42.7 Å². The number of hydrogen-bond acceptors (Lipinski definition) is 4. The third-order valence-electron chi connectivity index (χ3n) is 6.61. The second-order valence-electron chi connectivity index (χ2n) is 9.59. The summed E-state index contributed by atoms with van der Waals surface area (Å²) in [6.07, 6.45) is 5.53. The molecule has 2 aromatic rings. The van der Waals surface area contributed by atoms with Crippen LogP contribution >= 0.6 is 0 Å². The lowest BCUT2D eigenvalue weighted by Gasteiger charge is -2.30. The van der Waals surface area contributed by atoms with Crippen molar-refractivity contribution >= 4 is 27.5 Å². The topological polar surface area (TPSA) is 86.8 Å². The van der Waals surface area contributed by atoms with Gasteiger partial charge in [-0.05, 0) is 62.9 Å². The summed E-state index contributed by atoms with van der Waals surface area (Å²) in [6, 6.07) is 12.4. The summed E-state index contributed by atoms with van der Waals surface area (Å²) < 4.78 is 39.5. The van der Waals surface area contributed by atoms with Crippen molar-refractivity contribution in [1.82, 2.24) is 10.2 Å². The van der Waals surface area contributed by atoms with E-state index in [1.54, 1.807) is 31.2 Å². The maximum atomic E-state index is 13.4. The molecule has 0 aromatic heterocycles. The molecule has 1 aliphatic carbocycles. The number of carbonyl (C=O) groups is 2. The second kappa shape index (κ2) is 12.3. The highest BCUT2D eigenvalue weighted by Gasteiger charge is 2.28. The van der Waals surface area contributed by atoms with Gasteiger partial charge in [0.25, 0.3) is 0 Å². The largest absolute Gasteiger partial charge is 0.352 e. The molecule has 1 N–H and O–H groups in total. The number of amides is 2. The number of carbonyl (C=O) groups excluding carboxylic acids is 2. The van der Waals surface area contributed by atoms with Crippen LogP contribution < -0.4 is 9.62 Å². The molecule has 0 spiro atoms. The van der Waals surface area contributed by atoms with E-state index < -0.39 is 16.1 Å². The van der Waals surface area contributed by atoms with Gasteiger partial charge in [-0.25, -0.2) is 12.8 Å². The lowest BCUT2D eigenvalue weighted by atomic mass is 10.1. The van der Waals surface area contributed by atoms with E-state index in [1.165, 1.54) is 21.3 Å². The molecule has 1 atom stereocenters. The van der Waals surface area contributed by atoms with Gasteiger partial charge in [-0.3, -0.25) is 13.9 Å². The molecule has 2 aromatic carbocycles. The van der Waals surface area contributed by atoms with Crippen LogP contribution in [0.5, 0.6) is 0 Å². The summed E-state index contributed by atoms with van der Waals surface area (Å²) in [7, 11) is -3.54. The summed E-state index contributed by atoms with van der Waals surface area (Å²) in [5.41, 5.74) is 2.27. The van der Waals surface area contributed by atoms with Crippen molar-refractivity contribution in [2.24, 2.45) is 0 Å². The molecule has 196 valence electrons. The zero-order valence-corrected chi connectivity index (χ0v) is 22.1. The van der Waals surface area contributed by atoms with Crippen molar-refractivity contribution in [1.29, 1.82) is 0 Å². The van der Waals surface area contributed by atoms with E-state index in [9.17, 15) is 22.4 Å². The average Bonchev–Trinajstić information content (AvgIpc) is 3.34. The third-order valence-corrected chi connectivity index (χ3v) is 7.80. The molecule has 1 fully saturated rings. The van der Waals surface area contributed by atoms with Crippen LogP contribution in [0.2, 0.25) is 0 Å². The van der Waals surface area contributed by atoms with E-state index in [4.69, 9.17) is 0 Å². The number of nitrogens with zero attached hydrogens (tertiary/aromatic N) is 2. The zero-order valence-electron chi connectivity index (χ0n) is 21.2. The molecular formula is C27H36FN3O4S. The predicted octanol–water partition coefficient (Wildman–Crippen LogP) is 4.16. The Bertz CT molecular complexity index is 1130. The number of anilines is 1. The monoisotopic (exact) mass is 517 g/mol. The summed E-state index contributed by atoms with van der Waals surface area (Å²) >= 11 is 0. The second-order valence-corrected chi connectivity index (χ2v) is 11.5. The van der Waals surface area contributed by atoms with Crippen LogP contribution in [0.1, 0.15) is 56.6 Å². The quantitative estimate of drug-likeness (QED) is 0.485. The number of aryl methyl sites for hydroxylation is 1. The van der Waals surface area contributed by atoms with Gasteiger partial charge in [0.1, 0.15) is 11.9 Å². The fourth-order valence-electron chi connectivity index (χ4n) is 4.48. The smallest absolute Gasteiger partial charge is 0.242 e. The van der Waals surface area contributed by atoms with Crippen molar-refractivity contribution in [2.45, 2.75) is 71.0 Å². The van der Waals surface area contributed by atoms with E-state index in [0.29, 0.717) is 11.3 Å². The number of hydrogen-bond donors (Lipinski definition) is 1. The van der Waals surface area contributed by atoms with Gasteiger partial charge in [0, 0.05) is 25.6 Å². The van der Waals surface area contributed by atoms with Crippen molar-refractivity contribution in [3.8, 4) is 0 Å². The Balaban J connectivity index is 1.70. The molecule has 1 aliphatic rings. The first-order valence-electron chi connectivity index (χ1n) is 12.4. The molecule has 3 rings (SSSR count). The summed E-state index contributed by atoms with van der Waals surface area (Å²) in [5, 5.41) is 3.05. The highest BCUT2D eigenvalue weighted by atomic mass is 32.2. The van der Waals surface area contributed by atoms with Crippen LogP contribution in [0.15, 0.2) is 48.5 Å². The third kappa shape index (κ3) is 7.78. The van der Waals surface area contributed by atoms with Crippen LogP contribution in [-0.4, -0.2) is 50.0 Å². The first kappa shape index (κ1) is 27.6. The van der Waals surface area contributed by atoms with Crippen LogP contribution in [0.25, 0.3) is 0 Å². The molecular weight excluding hydrogens is 481 g/mol. The molecule has 9 heteroatoms. The van der Waals surface area contributed by atoms with E-state index >= 15 is 0 Å². The predicted molar refractivity (Wildman–Crippen MR) is 139 cm³/mol. The molecule has 0 saturated heterocycles. The van der Waals surface area contributed by atoms with Gasteiger partial charge in [0.2, 0.25) is 21.8 Å². The number of sulfonamides is 1. The van der Waals surface area contributed by atoms with Crippen LogP contribution in [-0.2, 0) is 26.2 Å². The standard InChI is InChI=1S/C27H36FN3O4S/c1-20-10-16-25(17-11-20)31(36(3,34)35)18-6-9-26(32)30(19-22-12-14-23(28)15-13-22)21(2)27(33)29-24-7-4-5-8-24/h10-17,21,24H,4-9,18-19H2,1-3H3,(H,29,33). The number of nitrogens with one attached hydrogen (secondary N) is 1. The molecule has 1 saturated carbocycles. The Morgan fingerprint density at radius 2 is 1.67 bits per heavy atom. The normalized spacial score (nSPS) is 14.9. The molecule has 0 bridgehead atoms. The fourth-order valence-corrected chi connectivity index (χ4v) is 5.44. The Morgan fingerprint density at radius 1 is 1.06 bits per heavy atom. The van der Waals surface area contributed by atoms with Gasteiger partial charge in [0.05, 0.1) is 11.9 Å². The minimum atomic E-state index is -3.54. The Morgan fingerprint density at radius 3 is 2.25 bits per heavy atom. The van der Waals surface area contributed by atoms with Gasteiger partial charge in [-0.2, -0.15) is 0 Å². The average molecular weight is 518 g/mol. The SMILES string of the molecule is Cc1ccc(N(CCCC(=O)N(Cc2ccc(F)cc2)C(C)C(=O)NC2CCCC2)S(C)(=O)=O)cc1. The van der Waals surface area contributed by atoms with Gasteiger partial charge in [-0.15, -0.1) is 0 Å². The first-order valence-corrected chi connectivity index (χ1v) is 14.3. The summed E-state index contributed by atoms with van der Waals surface area (Å²) in [4.78, 5) is 27.8. The summed E-state index contributed by atoms with van der Waals surface area (Å²) in [5.74, 6) is -0.846. The van der Waals surface area contributed by atoms with E-state index in [2.05, 4.69) is 5.32 Å². The molecule has 1 unspecified atom stereocenters. The highest BCUT2D eigenvalue weighted by Crippen LogP contribution is 2.21. The van der Waals surface area contributed by atoms with E-state index in [-0.39, 0.29) is 49.6 Å². The zero-order chi connectivity index (χ0) is 26.3. The molecule has 2 amide bonds. The van der Waals surface area contributed by atoms with Gasteiger partial charge < -0.3 is 10.2 Å². The van der Waals surface area contributed by atoms with Crippen LogP contribution in [0.3, 0.4) is 0 Å². The Hall–Kier alpha value is -2.94. The molecule has 0 heterocycles. The maximum Gasteiger partial charge on any atom is 0.242 e. The maximum absolute atomic E-state index is 13.4. The van der Waals surface area contributed by atoms with Gasteiger partial charge in [0.15, 0.2) is 0 Å². The Labute approximate surface area is 213 Å². The minimum absolute atomic E-state index is 0.0696. The molecule has 0 radical (unpaired) electrons. The number of benzene rings is 2. The lowest BCUT2D eigenvalue weighted by Crippen LogP contribution is -2.49. The first-order chi connectivity index (χ1) is 17.0. The fraction of sp³-hybridized carbons (Fsp3) is 0.481. The Kier molecular flexibility index (Phi) is 9.48. The molecule has 36 heavy (non-hydrogen) atoms. The molecule has 7 nitrogen and oxygen atoms in total. The molecule has 0 aliphatic heterocycles. The minimum Gasteiger partial charge on any atom is -0.352 e. The van der Waals surface area contributed by atoms with E-state index in [0.717, 1.165) is 37.5 Å². The summed E-state index contributed by atoms with van der Waals surface area (Å²) in [6.45, 7) is 3.92. The van der Waals surface area contributed by atoms with Crippen LogP contribution in [0, 0.1) is 12.7 Å². The van der Waals surface area contributed by atoms with Crippen LogP contribution in [0.4, 0.5) is 10.1 Å². The van der Waals surface area contributed by atoms with Crippen molar-refractivity contribution in [3.63, 3.8) is 0 Å². The number of rotatable bonds is 11.